The molecule has 0 fully saturated rings. The third kappa shape index (κ3) is 3.20. The maximum absolute atomic E-state index is 9.97. The van der Waals surface area contributed by atoms with Gasteiger partial charge in [0.25, 0.3) is 0 Å². The van der Waals surface area contributed by atoms with Gasteiger partial charge in [-0.3, -0.25) is 4.98 Å². The Kier molecular flexibility index (Phi) is 4.09. The molecular weight excluding hydrogens is 190 g/mol. The molecule has 1 heterocycles. The number of hydrogen-bond acceptors (Lipinski definition) is 3. The lowest BCUT2D eigenvalue weighted by Gasteiger charge is -2.19. The zero-order chi connectivity index (χ0) is 11.4. The van der Waals surface area contributed by atoms with Crippen LogP contribution in [0.5, 0.6) is 5.75 Å². The van der Waals surface area contributed by atoms with Gasteiger partial charge in [-0.15, -0.1) is 0 Å². The van der Waals surface area contributed by atoms with E-state index in [1.807, 2.05) is 27.7 Å². The normalized spacial score (nSPS) is 13.3. The van der Waals surface area contributed by atoms with Crippen LogP contribution in [0.3, 0.4) is 0 Å². The number of aromatic nitrogens is 1. The summed E-state index contributed by atoms with van der Waals surface area (Å²) in [5, 5.41) is 9.97. The first kappa shape index (κ1) is 12.0. The van der Waals surface area contributed by atoms with Crippen molar-refractivity contribution >= 4 is 0 Å². The van der Waals surface area contributed by atoms with E-state index >= 15 is 0 Å². The second-order valence-electron chi connectivity index (χ2n) is 4.27. The molecule has 1 atom stereocenters. The van der Waals surface area contributed by atoms with Crippen LogP contribution in [-0.2, 0) is 0 Å². The lowest BCUT2D eigenvalue weighted by molar-refractivity contribution is 0.119. The van der Waals surface area contributed by atoms with Crippen LogP contribution in [0.1, 0.15) is 39.4 Å². The lowest BCUT2D eigenvalue weighted by Crippen LogP contribution is -2.12. The lowest BCUT2D eigenvalue weighted by atomic mass is 10.00. The molecule has 0 saturated carbocycles. The number of aliphatic hydroxyl groups is 1. The average Bonchev–Trinajstić information content (AvgIpc) is 2.16. The van der Waals surface area contributed by atoms with Crippen LogP contribution in [0, 0.1) is 5.92 Å². The van der Waals surface area contributed by atoms with Crippen molar-refractivity contribution in [3.05, 3.63) is 24.0 Å². The van der Waals surface area contributed by atoms with Crippen LogP contribution in [0.2, 0.25) is 0 Å². The van der Waals surface area contributed by atoms with E-state index in [4.69, 9.17) is 4.74 Å². The van der Waals surface area contributed by atoms with Crippen molar-refractivity contribution in [3.8, 4) is 5.75 Å². The van der Waals surface area contributed by atoms with E-state index in [-0.39, 0.29) is 12.0 Å². The Balaban J connectivity index is 2.95. The van der Waals surface area contributed by atoms with Crippen LogP contribution >= 0.6 is 0 Å². The molecule has 84 valence electrons. The van der Waals surface area contributed by atoms with E-state index in [1.165, 1.54) is 0 Å². The summed E-state index contributed by atoms with van der Waals surface area (Å²) in [6, 6.07) is 1.79. The van der Waals surface area contributed by atoms with Crippen molar-refractivity contribution in [1.82, 2.24) is 4.98 Å². The smallest absolute Gasteiger partial charge is 0.128 e. The zero-order valence-corrected chi connectivity index (χ0v) is 9.77. The minimum absolute atomic E-state index is 0.102. The van der Waals surface area contributed by atoms with Crippen LogP contribution < -0.4 is 4.74 Å². The Hall–Kier alpha value is -1.09. The van der Waals surface area contributed by atoms with Gasteiger partial charge >= 0.3 is 0 Å². The van der Waals surface area contributed by atoms with Gasteiger partial charge in [0.1, 0.15) is 5.75 Å². The van der Waals surface area contributed by atoms with Crippen LogP contribution in [0.4, 0.5) is 0 Å². The minimum Gasteiger partial charge on any atom is -0.491 e. The molecule has 0 bridgehead atoms. The fourth-order valence-corrected chi connectivity index (χ4v) is 1.34. The summed E-state index contributed by atoms with van der Waals surface area (Å²) in [5.74, 6) is 0.880. The Morgan fingerprint density at radius 2 is 1.93 bits per heavy atom. The molecule has 0 spiro atoms. The number of nitrogens with zero attached hydrogens (tertiary/aromatic N) is 1. The third-order valence-corrected chi connectivity index (χ3v) is 2.12. The molecule has 0 aromatic carbocycles. The number of aliphatic hydroxyl groups excluding tert-OH is 1. The van der Waals surface area contributed by atoms with Crippen molar-refractivity contribution in [2.45, 2.75) is 39.9 Å². The molecule has 1 N–H and O–H groups in total. The Morgan fingerprint density at radius 3 is 2.47 bits per heavy atom. The number of pyridine rings is 1. The molecule has 1 aromatic heterocycles. The summed E-state index contributed by atoms with van der Waals surface area (Å²) in [5.41, 5.74) is 0.765. The quantitative estimate of drug-likeness (QED) is 0.828. The highest BCUT2D eigenvalue weighted by atomic mass is 16.5. The predicted molar refractivity (Wildman–Crippen MR) is 59.8 cm³/mol. The Morgan fingerprint density at radius 1 is 1.27 bits per heavy atom. The molecule has 0 aliphatic rings. The van der Waals surface area contributed by atoms with E-state index in [1.54, 1.807) is 18.5 Å². The molecule has 3 nitrogen and oxygen atoms in total. The molecule has 0 radical (unpaired) electrons. The van der Waals surface area contributed by atoms with Gasteiger partial charge in [-0.1, -0.05) is 13.8 Å². The van der Waals surface area contributed by atoms with E-state index in [0.717, 1.165) is 11.3 Å². The molecule has 0 amide bonds. The van der Waals surface area contributed by atoms with Crippen molar-refractivity contribution in [1.29, 1.82) is 0 Å². The van der Waals surface area contributed by atoms with E-state index in [2.05, 4.69) is 4.98 Å². The summed E-state index contributed by atoms with van der Waals surface area (Å²) < 4.78 is 5.62. The molecule has 1 unspecified atom stereocenters. The molecule has 3 heteroatoms. The average molecular weight is 209 g/mol. The van der Waals surface area contributed by atoms with Gasteiger partial charge in [0, 0.05) is 18.0 Å². The monoisotopic (exact) mass is 209 g/mol. The topological polar surface area (TPSA) is 42.4 Å². The van der Waals surface area contributed by atoms with Gasteiger partial charge < -0.3 is 9.84 Å². The molecule has 15 heavy (non-hydrogen) atoms. The van der Waals surface area contributed by atoms with Gasteiger partial charge in [-0.05, 0) is 25.8 Å². The van der Waals surface area contributed by atoms with Gasteiger partial charge in [0.15, 0.2) is 0 Å². The Bertz CT molecular complexity index is 310. The highest BCUT2D eigenvalue weighted by Crippen LogP contribution is 2.29. The predicted octanol–water partition coefficient (Wildman–Crippen LogP) is 2.56. The first-order valence-corrected chi connectivity index (χ1v) is 5.31. The second kappa shape index (κ2) is 5.12. The molecule has 1 rings (SSSR count). The first-order chi connectivity index (χ1) is 7.02. The molecule has 0 saturated heterocycles. The summed E-state index contributed by atoms with van der Waals surface area (Å²) in [6.07, 6.45) is 2.93. The fraction of sp³-hybridized carbons (Fsp3) is 0.583. The van der Waals surface area contributed by atoms with Gasteiger partial charge in [0.05, 0.1) is 12.2 Å². The maximum Gasteiger partial charge on any atom is 0.128 e. The van der Waals surface area contributed by atoms with Crippen molar-refractivity contribution in [2.24, 2.45) is 5.92 Å². The maximum atomic E-state index is 9.97. The number of hydrogen-bond donors (Lipinski definition) is 1. The van der Waals surface area contributed by atoms with Crippen LogP contribution in [-0.4, -0.2) is 16.2 Å². The molecular formula is C12H19NO2. The zero-order valence-electron chi connectivity index (χ0n) is 9.77. The number of ether oxygens (including phenoxy) is 1. The largest absolute Gasteiger partial charge is 0.491 e. The third-order valence-electron chi connectivity index (χ3n) is 2.12. The highest BCUT2D eigenvalue weighted by molar-refractivity contribution is 5.32. The van der Waals surface area contributed by atoms with E-state index in [9.17, 15) is 5.11 Å². The number of rotatable bonds is 4. The standard InChI is InChI=1S/C12H19NO2/c1-8(2)12(14)10-7-13-6-5-11(10)15-9(3)4/h5-9,12,14H,1-4H3. The Labute approximate surface area is 91.1 Å². The van der Waals surface area contributed by atoms with Gasteiger partial charge in [0.2, 0.25) is 0 Å². The molecule has 0 aliphatic heterocycles. The van der Waals surface area contributed by atoms with Crippen molar-refractivity contribution < 1.29 is 9.84 Å². The van der Waals surface area contributed by atoms with Gasteiger partial charge in [-0.25, -0.2) is 0 Å². The second-order valence-corrected chi connectivity index (χ2v) is 4.27. The van der Waals surface area contributed by atoms with E-state index in [0.29, 0.717) is 0 Å². The fourth-order valence-electron chi connectivity index (χ4n) is 1.34. The minimum atomic E-state index is -0.521. The first-order valence-electron chi connectivity index (χ1n) is 5.31. The molecule has 1 aromatic rings. The van der Waals surface area contributed by atoms with Crippen LogP contribution in [0.15, 0.2) is 18.5 Å². The summed E-state index contributed by atoms with van der Waals surface area (Å²) in [6.45, 7) is 7.87. The van der Waals surface area contributed by atoms with Gasteiger partial charge in [-0.2, -0.15) is 0 Å². The summed E-state index contributed by atoms with van der Waals surface area (Å²) >= 11 is 0. The summed E-state index contributed by atoms with van der Waals surface area (Å²) in [4.78, 5) is 4.02. The van der Waals surface area contributed by atoms with Crippen molar-refractivity contribution in [2.75, 3.05) is 0 Å². The van der Waals surface area contributed by atoms with E-state index < -0.39 is 6.10 Å². The van der Waals surface area contributed by atoms with Crippen LogP contribution in [0.25, 0.3) is 0 Å². The summed E-state index contributed by atoms with van der Waals surface area (Å²) in [7, 11) is 0. The van der Waals surface area contributed by atoms with Crippen molar-refractivity contribution in [3.63, 3.8) is 0 Å². The highest BCUT2D eigenvalue weighted by Gasteiger charge is 2.17. The SMILES string of the molecule is CC(C)Oc1ccncc1C(O)C(C)C. The molecule has 0 aliphatic carbocycles.